The first-order valence-corrected chi connectivity index (χ1v) is 7.20. The van der Waals surface area contributed by atoms with Crippen molar-refractivity contribution in [1.82, 2.24) is 5.32 Å². The Morgan fingerprint density at radius 2 is 2.11 bits per heavy atom. The summed E-state index contributed by atoms with van der Waals surface area (Å²) in [6.45, 7) is 6.41. The van der Waals surface area contributed by atoms with E-state index in [1.807, 2.05) is 19.1 Å². The lowest BCUT2D eigenvalue weighted by Crippen LogP contribution is -2.36. The summed E-state index contributed by atoms with van der Waals surface area (Å²) in [5.74, 6) is -0.533. The predicted molar refractivity (Wildman–Crippen MR) is 78.5 cm³/mol. The third-order valence-corrected chi connectivity index (χ3v) is 3.66. The Morgan fingerprint density at radius 1 is 1.37 bits per heavy atom. The van der Waals surface area contributed by atoms with Gasteiger partial charge in [-0.3, -0.25) is 9.59 Å². The van der Waals surface area contributed by atoms with E-state index in [2.05, 4.69) is 28.2 Å². The highest BCUT2D eigenvalue weighted by molar-refractivity contribution is 9.10. The molecule has 1 aromatic carbocycles. The molecule has 1 unspecified atom stereocenters. The number of hydrogen-bond donors (Lipinski definition) is 1. The van der Waals surface area contributed by atoms with Gasteiger partial charge in [0.2, 0.25) is 0 Å². The minimum Gasteiger partial charge on any atom is -0.317 e. The fourth-order valence-corrected chi connectivity index (χ4v) is 2.58. The van der Waals surface area contributed by atoms with E-state index < -0.39 is 11.7 Å². The summed E-state index contributed by atoms with van der Waals surface area (Å²) in [6.07, 6.45) is 0. The summed E-state index contributed by atoms with van der Waals surface area (Å²) in [5.41, 5.74) is 1.22. The first-order valence-electron chi connectivity index (χ1n) is 6.41. The Kier molecular flexibility index (Phi) is 4.37. The van der Waals surface area contributed by atoms with Crippen molar-refractivity contribution in [1.29, 1.82) is 0 Å². The summed E-state index contributed by atoms with van der Waals surface area (Å²) >= 11 is 3.33. The first-order chi connectivity index (χ1) is 9.04. The number of halogens is 1. The Balaban J connectivity index is 2.19. The fraction of sp³-hybridized carbons (Fsp3) is 0.429. The number of benzene rings is 1. The van der Waals surface area contributed by atoms with Gasteiger partial charge in [-0.1, -0.05) is 29.8 Å². The minimum atomic E-state index is -0.420. The maximum atomic E-state index is 12.0. The molecule has 1 aliphatic rings. The van der Waals surface area contributed by atoms with Crippen LogP contribution in [-0.4, -0.2) is 31.3 Å². The molecule has 19 heavy (non-hydrogen) atoms. The van der Waals surface area contributed by atoms with Crippen molar-refractivity contribution in [3.05, 3.63) is 28.2 Å². The Morgan fingerprint density at radius 3 is 2.79 bits per heavy atom. The molecule has 1 aliphatic heterocycles. The van der Waals surface area contributed by atoms with E-state index in [-0.39, 0.29) is 0 Å². The molecule has 1 aromatic rings. The van der Waals surface area contributed by atoms with E-state index >= 15 is 0 Å². The summed E-state index contributed by atoms with van der Waals surface area (Å²) in [4.78, 5) is 25.5. The maximum absolute atomic E-state index is 12.0. The molecule has 0 bridgehead atoms. The molecule has 4 nitrogen and oxygen atoms in total. The lowest BCUT2D eigenvalue weighted by atomic mass is 10.1. The third-order valence-electron chi connectivity index (χ3n) is 3.17. The van der Waals surface area contributed by atoms with Gasteiger partial charge in [0, 0.05) is 11.0 Å². The van der Waals surface area contributed by atoms with Crippen LogP contribution in [0.25, 0.3) is 0 Å². The lowest BCUT2D eigenvalue weighted by molar-refractivity contribution is -0.114. The number of carbonyl (C=O) groups excluding carboxylic acids is 2. The Bertz CT molecular complexity index is 516. The van der Waals surface area contributed by atoms with Crippen molar-refractivity contribution in [2.24, 2.45) is 5.92 Å². The van der Waals surface area contributed by atoms with Crippen LogP contribution in [0.3, 0.4) is 0 Å². The van der Waals surface area contributed by atoms with Crippen molar-refractivity contribution in [3.8, 4) is 0 Å². The van der Waals surface area contributed by atoms with Crippen LogP contribution in [-0.2, 0) is 4.79 Å². The molecule has 1 N–H and O–H groups in total. The smallest absolute Gasteiger partial charge is 0.299 e. The topological polar surface area (TPSA) is 49.4 Å². The molecule has 0 aliphatic carbocycles. The van der Waals surface area contributed by atoms with Crippen LogP contribution in [0.15, 0.2) is 22.7 Å². The van der Waals surface area contributed by atoms with Gasteiger partial charge in [0.1, 0.15) is 0 Å². The third kappa shape index (κ3) is 2.87. The highest BCUT2D eigenvalue weighted by atomic mass is 79.9. The number of rotatable bonds is 5. The molecular formula is C14H17BrN2O2. The van der Waals surface area contributed by atoms with Crippen molar-refractivity contribution in [2.45, 2.75) is 13.8 Å². The molecule has 0 spiro atoms. The molecule has 1 atom stereocenters. The van der Waals surface area contributed by atoms with E-state index in [0.29, 0.717) is 18.0 Å². The van der Waals surface area contributed by atoms with Gasteiger partial charge < -0.3 is 10.2 Å². The summed E-state index contributed by atoms with van der Waals surface area (Å²) in [7, 11) is 0. The average molecular weight is 325 g/mol. The Labute approximate surface area is 121 Å². The Hall–Kier alpha value is -1.20. The van der Waals surface area contributed by atoms with Gasteiger partial charge >= 0.3 is 0 Å². The quantitative estimate of drug-likeness (QED) is 0.845. The molecule has 1 amide bonds. The van der Waals surface area contributed by atoms with Crippen molar-refractivity contribution in [2.75, 3.05) is 24.5 Å². The normalized spacial score (nSPS) is 15.8. The summed E-state index contributed by atoms with van der Waals surface area (Å²) in [6, 6.07) is 5.39. The molecule has 1 heterocycles. The van der Waals surface area contributed by atoms with Crippen molar-refractivity contribution >= 4 is 33.3 Å². The van der Waals surface area contributed by atoms with Gasteiger partial charge in [-0.25, -0.2) is 0 Å². The van der Waals surface area contributed by atoms with Crippen LogP contribution in [0.1, 0.15) is 24.2 Å². The predicted octanol–water partition coefficient (Wildman–Crippen LogP) is 2.22. The highest BCUT2D eigenvalue weighted by Gasteiger charge is 2.36. The van der Waals surface area contributed by atoms with E-state index in [1.165, 1.54) is 0 Å². The number of amides is 1. The van der Waals surface area contributed by atoms with Crippen LogP contribution in [0.5, 0.6) is 0 Å². The molecule has 102 valence electrons. The summed E-state index contributed by atoms with van der Waals surface area (Å²) in [5, 5.41) is 3.25. The number of hydrogen-bond acceptors (Lipinski definition) is 3. The summed E-state index contributed by atoms with van der Waals surface area (Å²) < 4.78 is 0.815. The minimum absolute atomic E-state index is 0.297. The number of carbonyl (C=O) groups is 2. The largest absolute Gasteiger partial charge is 0.317 e. The van der Waals surface area contributed by atoms with Crippen LogP contribution in [0.4, 0.5) is 5.69 Å². The number of Topliss-reactive ketones (excluding diaryl/α,β-unsaturated/α-hetero) is 1. The van der Waals surface area contributed by atoms with E-state index in [0.717, 1.165) is 23.2 Å². The molecule has 0 fully saturated rings. The zero-order chi connectivity index (χ0) is 14.0. The first kappa shape index (κ1) is 14.2. The number of nitrogens with zero attached hydrogens (tertiary/aromatic N) is 1. The zero-order valence-electron chi connectivity index (χ0n) is 11.1. The van der Waals surface area contributed by atoms with Gasteiger partial charge in [-0.2, -0.15) is 0 Å². The second-order valence-corrected chi connectivity index (χ2v) is 5.73. The van der Waals surface area contributed by atoms with Crippen molar-refractivity contribution in [3.63, 3.8) is 0 Å². The number of fused-ring (bicyclic) bond motifs is 1. The van der Waals surface area contributed by atoms with E-state index in [1.54, 1.807) is 11.0 Å². The number of nitrogens with one attached hydrogen (secondary N) is 1. The van der Waals surface area contributed by atoms with Gasteiger partial charge in [0.15, 0.2) is 0 Å². The molecule has 0 radical (unpaired) electrons. The van der Waals surface area contributed by atoms with Gasteiger partial charge in [0.05, 0.1) is 11.3 Å². The average Bonchev–Trinajstić information content (AvgIpc) is 2.61. The van der Waals surface area contributed by atoms with Gasteiger partial charge in [0.25, 0.3) is 11.7 Å². The molecule has 2 rings (SSSR count). The SMILES string of the molecule is CCNCC(C)CN1C(=O)C(=O)c2cc(Br)ccc21. The molecular weight excluding hydrogens is 308 g/mol. The maximum Gasteiger partial charge on any atom is 0.299 e. The van der Waals surface area contributed by atoms with Gasteiger partial charge in [-0.15, -0.1) is 0 Å². The standard InChI is InChI=1S/C14H17BrN2O2/c1-3-16-7-9(2)8-17-12-5-4-10(15)6-11(12)13(18)14(17)19/h4-6,9,16H,3,7-8H2,1-2H3. The van der Waals surface area contributed by atoms with E-state index in [4.69, 9.17) is 0 Å². The van der Waals surface area contributed by atoms with Crippen LogP contribution < -0.4 is 10.2 Å². The van der Waals surface area contributed by atoms with Crippen LogP contribution in [0, 0.1) is 5.92 Å². The van der Waals surface area contributed by atoms with Gasteiger partial charge in [-0.05, 0) is 37.2 Å². The number of anilines is 1. The van der Waals surface area contributed by atoms with Crippen molar-refractivity contribution < 1.29 is 9.59 Å². The monoisotopic (exact) mass is 324 g/mol. The number of ketones is 1. The second-order valence-electron chi connectivity index (χ2n) is 4.82. The van der Waals surface area contributed by atoms with Crippen LogP contribution in [0.2, 0.25) is 0 Å². The van der Waals surface area contributed by atoms with Crippen LogP contribution >= 0.6 is 15.9 Å². The second kappa shape index (κ2) is 5.84. The molecule has 5 heteroatoms. The lowest BCUT2D eigenvalue weighted by Gasteiger charge is -2.21. The molecule has 0 saturated carbocycles. The highest BCUT2D eigenvalue weighted by Crippen LogP contribution is 2.31. The van der Waals surface area contributed by atoms with E-state index in [9.17, 15) is 9.59 Å². The molecule has 0 aromatic heterocycles. The fourth-order valence-electron chi connectivity index (χ4n) is 2.22. The zero-order valence-corrected chi connectivity index (χ0v) is 12.7. The molecule has 0 saturated heterocycles.